The van der Waals surface area contributed by atoms with Crippen LogP contribution in [0.5, 0.6) is 0 Å². The Hall–Kier alpha value is -1.88. The largest absolute Gasteiger partial charge is 0.394 e. The summed E-state index contributed by atoms with van der Waals surface area (Å²) in [6, 6.07) is 6.96. The van der Waals surface area contributed by atoms with Gasteiger partial charge in [0, 0.05) is 25.1 Å². The van der Waals surface area contributed by atoms with Crippen LogP contribution in [0, 0.1) is 0 Å². The minimum atomic E-state index is -0.232. The maximum atomic E-state index is 11.6. The van der Waals surface area contributed by atoms with E-state index in [4.69, 9.17) is 5.11 Å². The first kappa shape index (κ1) is 15.2. The maximum absolute atomic E-state index is 11.6. The van der Waals surface area contributed by atoms with Crippen molar-refractivity contribution >= 4 is 11.8 Å². The van der Waals surface area contributed by atoms with Gasteiger partial charge in [-0.1, -0.05) is 12.1 Å². The highest BCUT2D eigenvalue weighted by Crippen LogP contribution is 2.07. The fourth-order valence-electron chi connectivity index (χ4n) is 1.66. The summed E-state index contributed by atoms with van der Waals surface area (Å²) >= 11 is 0. The molecule has 0 aliphatic carbocycles. The zero-order valence-electron chi connectivity index (χ0n) is 11.3. The Labute approximate surface area is 113 Å². The summed E-state index contributed by atoms with van der Waals surface area (Å²) < 4.78 is 0. The lowest BCUT2D eigenvalue weighted by molar-refractivity contribution is -0.121. The first-order chi connectivity index (χ1) is 9.06. The van der Waals surface area contributed by atoms with Crippen molar-refractivity contribution in [3.05, 3.63) is 35.4 Å². The van der Waals surface area contributed by atoms with E-state index >= 15 is 0 Å². The first-order valence-corrected chi connectivity index (χ1v) is 6.28. The second kappa shape index (κ2) is 7.53. The van der Waals surface area contributed by atoms with Gasteiger partial charge in [0.15, 0.2) is 0 Å². The monoisotopic (exact) mass is 264 g/mol. The van der Waals surface area contributed by atoms with Gasteiger partial charge in [0.05, 0.1) is 6.61 Å². The van der Waals surface area contributed by atoms with Crippen molar-refractivity contribution in [1.82, 2.24) is 10.6 Å². The standard InChI is InChI=1S/C14H20N2O3/c1-10(9-17)16-13(18)7-6-11-4-3-5-12(8-11)14(19)15-2/h3-5,8,10,17H,6-7,9H2,1-2H3,(H,15,19)(H,16,18). The first-order valence-electron chi connectivity index (χ1n) is 6.28. The van der Waals surface area contributed by atoms with E-state index in [2.05, 4.69) is 10.6 Å². The number of aryl methyl sites for hydroxylation is 1. The van der Waals surface area contributed by atoms with Crippen molar-refractivity contribution in [3.8, 4) is 0 Å². The molecule has 0 radical (unpaired) electrons. The van der Waals surface area contributed by atoms with Crippen molar-refractivity contribution in [2.24, 2.45) is 0 Å². The Bertz CT molecular complexity index is 446. The number of rotatable bonds is 6. The zero-order valence-corrected chi connectivity index (χ0v) is 11.3. The third kappa shape index (κ3) is 5.09. The summed E-state index contributed by atoms with van der Waals surface area (Å²) in [5, 5.41) is 14.1. The predicted molar refractivity (Wildman–Crippen MR) is 72.8 cm³/mol. The Morgan fingerprint density at radius 2 is 2.11 bits per heavy atom. The van der Waals surface area contributed by atoms with E-state index < -0.39 is 0 Å². The van der Waals surface area contributed by atoms with Gasteiger partial charge < -0.3 is 15.7 Å². The third-order valence-corrected chi connectivity index (χ3v) is 2.74. The smallest absolute Gasteiger partial charge is 0.251 e. The van der Waals surface area contributed by atoms with E-state index in [0.29, 0.717) is 18.4 Å². The molecule has 1 aromatic rings. The summed E-state index contributed by atoms with van der Waals surface area (Å²) in [6.45, 7) is 1.67. The van der Waals surface area contributed by atoms with E-state index in [0.717, 1.165) is 5.56 Å². The molecule has 2 amide bonds. The Balaban J connectivity index is 2.54. The fourth-order valence-corrected chi connectivity index (χ4v) is 1.66. The van der Waals surface area contributed by atoms with Crippen LogP contribution >= 0.6 is 0 Å². The normalized spacial score (nSPS) is 11.7. The molecule has 0 fully saturated rings. The molecule has 1 rings (SSSR count). The van der Waals surface area contributed by atoms with E-state index in [-0.39, 0.29) is 24.5 Å². The molecule has 1 atom stereocenters. The molecular weight excluding hydrogens is 244 g/mol. The number of aliphatic hydroxyl groups is 1. The van der Waals surface area contributed by atoms with Crippen LogP contribution < -0.4 is 10.6 Å². The minimum absolute atomic E-state index is 0.0715. The molecule has 0 aliphatic rings. The summed E-state index contributed by atoms with van der Waals surface area (Å²) in [4.78, 5) is 23.0. The van der Waals surface area contributed by atoms with Crippen LogP contribution in [-0.4, -0.2) is 36.6 Å². The predicted octanol–water partition coefficient (Wildman–Crippen LogP) is 0.476. The van der Waals surface area contributed by atoms with Gasteiger partial charge in [0.1, 0.15) is 0 Å². The van der Waals surface area contributed by atoms with Crippen LogP contribution in [0.25, 0.3) is 0 Å². The second-order valence-electron chi connectivity index (χ2n) is 4.43. The van der Waals surface area contributed by atoms with Gasteiger partial charge in [-0.05, 0) is 31.0 Å². The molecule has 0 bridgehead atoms. The van der Waals surface area contributed by atoms with E-state index in [9.17, 15) is 9.59 Å². The number of aliphatic hydroxyl groups excluding tert-OH is 1. The van der Waals surface area contributed by atoms with Gasteiger partial charge in [-0.25, -0.2) is 0 Å². The van der Waals surface area contributed by atoms with Crippen molar-refractivity contribution in [2.45, 2.75) is 25.8 Å². The molecule has 0 saturated heterocycles. The summed E-state index contributed by atoms with van der Waals surface area (Å²) in [6.07, 6.45) is 0.899. The molecule has 0 heterocycles. The number of nitrogens with one attached hydrogen (secondary N) is 2. The van der Waals surface area contributed by atoms with Gasteiger partial charge in [-0.3, -0.25) is 9.59 Å². The molecule has 19 heavy (non-hydrogen) atoms. The van der Waals surface area contributed by atoms with Crippen molar-refractivity contribution in [3.63, 3.8) is 0 Å². The summed E-state index contributed by atoms with van der Waals surface area (Å²) in [5.41, 5.74) is 1.53. The van der Waals surface area contributed by atoms with Crippen molar-refractivity contribution in [1.29, 1.82) is 0 Å². The Morgan fingerprint density at radius 1 is 1.37 bits per heavy atom. The van der Waals surface area contributed by atoms with Gasteiger partial charge in [-0.2, -0.15) is 0 Å². The fraction of sp³-hybridized carbons (Fsp3) is 0.429. The number of carbonyl (C=O) groups excluding carboxylic acids is 2. The zero-order chi connectivity index (χ0) is 14.3. The number of hydrogen-bond donors (Lipinski definition) is 3. The molecule has 0 aromatic heterocycles. The molecule has 3 N–H and O–H groups in total. The van der Waals surface area contributed by atoms with Crippen molar-refractivity contribution < 1.29 is 14.7 Å². The molecule has 1 aromatic carbocycles. The highest BCUT2D eigenvalue weighted by molar-refractivity contribution is 5.94. The lowest BCUT2D eigenvalue weighted by Gasteiger charge is -2.10. The van der Waals surface area contributed by atoms with E-state index in [1.54, 1.807) is 32.2 Å². The number of hydrogen-bond acceptors (Lipinski definition) is 3. The second-order valence-corrected chi connectivity index (χ2v) is 4.43. The van der Waals surface area contributed by atoms with Gasteiger partial charge >= 0.3 is 0 Å². The minimum Gasteiger partial charge on any atom is -0.394 e. The number of carbonyl (C=O) groups is 2. The van der Waals surface area contributed by atoms with Gasteiger partial charge in [0.2, 0.25) is 5.91 Å². The van der Waals surface area contributed by atoms with Gasteiger partial charge in [0.25, 0.3) is 5.91 Å². The molecule has 5 heteroatoms. The molecule has 104 valence electrons. The summed E-state index contributed by atoms with van der Waals surface area (Å²) in [5.74, 6) is -0.243. The van der Waals surface area contributed by atoms with E-state index in [1.807, 2.05) is 6.07 Å². The number of benzene rings is 1. The SMILES string of the molecule is CNC(=O)c1cccc(CCC(=O)NC(C)CO)c1. The molecule has 0 aliphatic heterocycles. The third-order valence-electron chi connectivity index (χ3n) is 2.74. The maximum Gasteiger partial charge on any atom is 0.251 e. The van der Waals surface area contributed by atoms with E-state index in [1.165, 1.54) is 0 Å². The van der Waals surface area contributed by atoms with Crippen LogP contribution in [0.4, 0.5) is 0 Å². The molecule has 0 spiro atoms. The van der Waals surface area contributed by atoms with Gasteiger partial charge in [-0.15, -0.1) is 0 Å². The molecular formula is C14H20N2O3. The summed E-state index contributed by atoms with van der Waals surface area (Å²) in [7, 11) is 1.58. The number of amides is 2. The van der Waals surface area contributed by atoms with Crippen LogP contribution in [-0.2, 0) is 11.2 Å². The topological polar surface area (TPSA) is 78.4 Å². The Morgan fingerprint density at radius 3 is 2.74 bits per heavy atom. The highest BCUT2D eigenvalue weighted by Gasteiger charge is 2.08. The Kier molecular flexibility index (Phi) is 6.02. The molecule has 0 saturated carbocycles. The highest BCUT2D eigenvalue weighted by atomic mass is 16.3. The quantitative estimate of drug-likeness (QED) is 0.699. The average Bonchev–Trinajstić information content (AvgIpc) is 2.44. The average molecular weight is 264 g/mol. The van der Waals surface area contributed by atoms with Crippen LogP contribution in [0.3, 0.4) is 0 Å². The van der Waals surface area contributed by atoms with Crippen LogP contribution in [0.2, 0.25) is 0 Å². The lowest BCUT2D eigenvalue weighted by atomic mass is 10.1. The molecule has 5 nitrogen and oxygen atoms in total. The van der Waals surface area contributed by atoms with Crippen molar-refractivity contribution in [2.75, 3.05) is 13.7 Å². The van der Waals surface area contributed by atoms with Crippen LogP contribution in [0.15, 0.2) is 24.3 Å². The molecule has 1 unspecified atom stereocenters. The lowest BCUT2D eigenvalue weighted by Crippen LogP contribution is -2.35. The van der Waals surface area contributed by atoms with Crippen LogP contribution in [0.1, 0.15) is 29.3 Å².